The standard InChI is InChI=1S/C15H29N3O/c1-5-14-11-19-13(3)10-18(14)9-7-8-15(6-2,12-16)17-4/h13-14,17H,5-11H2,1-4H3. The van der Waals surface area contributed by atoms with Crippen LogP contribution < -0.4 is 5.32 Å². The van der Waals surface area contributed by atoms with Crippen LogP contribution in [0.25, 0.3) is 0 Å². The summed E-state index contributed by atoms with van der Waals surface area (Å²) in [6.07, 6.45) is 4.30. The molecular weight excluding hydrogens is 238 g/mol. The van der Waals surface area contributed by atoms with Gasteiger partial charge in [0.05, 0.1) is 18.8 Å². The van der Waals surface area contributed by atoms with Crippen LogP contribution in [0.5, 0.6) is 0 Å². The van der Waals surface area contributed by atoms with Crippen LogP contribution in [0.15, 0.2) is 0 Å². The minimum absolute atomic E-state index is 0.332. The molecule has 0 amide bonds. The van der Waals surface area contributed by atoms with E-state index in [0.29, 0.717) is 12.1 Å². The molecule has 0 aromatic carbocycles. The topological polar surface area (TPSA) is 48.3 Å². The van der Waals surface area contributed by atoms with Gasteiger partial charge in [0, 0.05) is 12.6 Å². The molecule has 0 spiro atoms. The molecule has 1 saturated heterocycles. The number of nitrogens with one attached hydrogen (secondary N) is 1. The molecule has 0 saturated carbocycles. The van der Waals surface area contributed by atoms with E-state index in [9.17, 15) is 5.26 Å². The second-order valence-corrected chi connectivity index (χ2v) is 5.60. The van der Waals surface area contributed by atoms with E-state index in [1.54, 1.807) is 0 Å². The molecule has 1 N–H and O–H groups in total. The zero-order chi connectivity index (χ0) is 14.3. The molecule has 1 rings (SSSR count). The highest BCUT2D eigenvalue weighted by molar-refractivity contribution is 5.05. The SMILES string of the molecule is CCC1COC(C)CN1CCCC(C#N)(CC)NC. The summed E-state index contributed by atoms with van der Waals surface area (Å²) in [5.74, 6) is 0. The van der Waals surface area contributed by atoms with Gasteiger partial charge < -0.3 is 10.1 Å². The number of rotatable bonds is 7. The van der Waals surface area contributed by atoms with Gasteiger partial charge >= 0.3 is 0 Å². The lowest BCUT2D eigenvalue weighted by Gasteiger charge is -2.38. The van der Waals surface area contributed by atoms with Gasteiger partial charge in [0.25, 0.3) is 0 Å². The lowest BCUT2D eigenvalue weighted by atomic mass is 9.92. The average molecular weight is 267 g/mol. The molecule has 110 valence electrons. The summed E-state index contributed by atoms with van der Waals surface area (Å²) in [6, 6.07) is 2.98. The van der Waals surface area contributed by atoms with Gasteiger partial charge in [-0.05, 0) is 46.2 Å². The molecule has 1 heterocycles. The Labute approximate surface area is 118 Å². The van der Waals surface area contributed by atoms with E-state index in [1.165, 1.54) is 0 Å². The number of hydrogen-bond acceptors (Lipinski definition) is 4. The minimum Gasteiger partial charge on any atom is -0.376 e. The van der Waals surface area contributed by atoms with E-state index in [1.807, 2.05) is 7.05 Å². The Morgan fingerprint density at radius 2 is 2.21 bits per heavy atom. The van der Waals surface area contributed by atoms with Crippen molar-refractivity contribution in [3.63, 3.8) is 0 Å². The predicted octanol–water partition coefficient (Wildman–Crippen LogP) is 2.16. The van der Waals surface area contributed by atoms with Crippen LogP contribution in [-0.4, -0.2) is 49.3 Å². The van der Waals surface area contributed by atoms with E-state index < -0.39 is 0 Å². The molecule has 4 nitrogen and oxygen atoms in total. The summed E-state index contributed by atoms with van der Waals surface area (Å²) in [5.41, 5.74) is -0.348. The minimum atomic E-state index is -0.348. The van der Waals surface area contributed by atoms with Gasteiger partial charge in [-0.1, -0.05) is 13.8 Å². The first-order chi connectivity index (χ1) is 9.10. The first kappa shape index (κ1) is 16.4. The van der Waals surface area contributed by atoms with E-state index in [2.05, 4.69) is 37.1 Å². The van der Waals surface area contributed by atoms with Gasteiger partial charge in [0.15, 0.2) is 0 Å². The molecule has 1 fully saturated rings. The zero-order valence-corrected chi connectivity index (χ0v) is 12.9. The molecular formula is C15H29N3O. The van der Waals surface area contributed by atoms with Gasteiger partial charge in [-0.25, -0.2) is 0 Å². The second-order valence-electron chi connectivity index (χ2n) is 5.60. The summed E-state index contributed by atoms with van der Waals surface area (Å²) in [5, 5.41) is 12.5. The van der Waals surface area contributed by atoms with Crippen molar-refractivity contribution < 1.29 is 4.74 Å². The fraction of sp³-hybridized carbons (Fsp3) is 0.933. The number of ether oxygens (including phenoxy) is 1. The normalized spacial score (nSPS) is 27.7. The monoisotopic (exact) mass is 267 g/mol. The first-order valence-electron chi connectivity index (χ1n) is 7.56. The van der Waals surface area contributed by atoms with Crippen molar-refractivity contribution in [2.45, 2.75) is 64.1 Å². The largest absolute Gasteiger partial charge is 0.376 e. The number of nitrogens with zero attached hydrogens (tertiary/aromatic N) is 2. The maximum absolute atomic E-state index is 9.31. The quantitative estimate of drug-likeness (QED) is 0.768. The molecule has 3 atom stereocenters. The van der Waals surface area contributed by atoms with E-state index in [0.717, 1.165) is 45.4 Å². The van der Waals surface area contributed by atoms with Gasteiger partial charge in [0.1, 0.15) is 5.54 Å². The third kappa shape index (κ3) is 4.45. The number of morpholine rings is 1. The molecule has 0 bridgehead atoms. The zero-order valence-electron chi connectivity index (χ0n) is 12.9. The molecule has 1 aliphatic rings. The smallest absolute Gasteiger partial charge is 0.106 e. The molecule has 4 heteroatoms. The molecule has 0 aromatic heterocycles. The van der Waals surface area contributed by atoms with Crippen molar-refractivity contribution in [1.29, 1.82) is 5.26 Å². The Morgan fingerprint density at radius 3 is 2.74 bits per heavy atom. The third-order valence-electron chi connectivity index (χ3n) is 4.40. The lowest BCUT2D eigenvalue weighted by Crippen LogP contribution is -2.49. The molecule has 3 unspecified atom stereocenters. The molecule has 19 heavy (non-hydrogen) atoms. The van der Waals surface area contributed by atoms with Crippen molar-refractivity contribution in [2.75, 3.05) is 26.7 Å². The maximum atomic E-state index is 9.31. The van der Waals surface area contributed by atoms with Crippen LogP contribution in [0.4, 0.5) is 0 Å². The van der Waals surface area contributed by atoms with Crippen molar-refractivity contribution in [2.24, 2.45) is 0 Å². The Morgan fingerprint density at radius 1 is 1.47 bits per heavy atom. The fourth-order valence-corrected chi connectivity index (χ4v) is 2.82. The first-order valence-corrected chi connectivity index (χ1v) is 7.56. The van der Waals surface area contributed by atoms with Crippen LogP contribution in [-0.2, 0) is 4.74 Å². The summed E-state index contributed by atoms with van der Waals surface area (Å²) in [4.78, 5) is 2.53. The van der Waals surface area contributed by atoms with Gasteiger partial charge in [-0.2, -0.15) is 5.26 Å². The Kier molecular flexibility index (Phi) is 6.78. The van der Waals surface area contributed by atoms with Crippen molar-refractivity contribution in [1.82, 2.24) is 10.2 Å². The molecule has 0 radical (unpaired) electrons. The maximum Gasteiger partial charge on any atom is 0.106 e. The Bertz CT molecular complexity index is 296. The number of nitriles is 1. The highest BCUT2D eigenvalue weighted by Crippen LogP contribution is 2.19. The highest BCUT2D eigenvalue weighted by atomic mass is 16.5. The number of hydrogen-bond donors (Lipinski definition) is 1. The molecule has 1 aliphatic heterocycles. The Balaban J connectivity index is 2.44. The van der Waals surface area contributed by atoms with Crippen LogP contribution >= 0.6 is 0 Å². The Hall–Kier alpha value is -0.630. The van der Waals surface area contributed by atoms with Crippen LogP contribution in [0.3, 0.4) is 0 Å². The fourth-order valence-electron chi connectivity index (χ4n) is 2.82. The molecule has 0 aliphatic carbocycles. The van der Waals surface area contributed by atoms with Gasteiger partial charge in [0.2, 0.25) is 0 Å². The molecule has 0 aromatic rings. The summed E-state index contributed by atoms with van der Waals surface area (Å²) < 4.78 is 5.72. The van der Waals surface area contributed by atoms with E-state index in [4.69, 9.17) is 4.74 Å². The predicted molar refractivity (Wildman–Crippen MR) is 78.0 cm³/mol. The summed E-state index contributed by atoms with van der Waals surface area (Å²) in [7, 11) is 1.89. The van der Waals surface area contributed by atoms with Gasteiger partial charge in [-0.3, -0.25) is 4.90 Å². The van der Waals surface area contributed by atoms with E-state index >= 15 is 0 Å². The second kappa shape index (κ2) is 7.84. The summed E-state index contributed by atoms with van der Waals surface area (Å²) >= 11 is 0. The van der Waals surface area contributed by atoms with Gasteiger partial charge in [-0.15, -0.1) is 0 Å². The summed E-state index contributed by atoms with van der Waals surface area (Å²) in [6.45, 7) is 9.36. The van der Waals surface area contributed by atoms with Crippen LogP contribution in [0, 0.1) is 11.3 Å². The van der Waals surface area contributed by atoms with Crippen molar-refractivity contribution in [3.05, 3.63) is 0 Å². The van der Waals surface area contributed by atoms with Crippen molar-refractivity contribution in [3.8, 4) is 6.07 Å². The van der Waals surface area contributed by atoms with Crippen molar-refractivity contribution >= 4 is 0 Å². The third-order valence-corrected chi connectivity index (χ3v) is 4.40. The average Bonchev–Trinajstić information content (AvgIpc) is 2.44. The van der Waals surface area contributed by atoms with E-state index in [-0.39, 0.29) is 5.54 Å². The van der Waals surface area contributed by atoms with Crippen LogP contribution in [0.1, 0.15) is 46.5 Å². The lowest BCUT2D eigenvalue weighted by molar-refractivity contribution is -0.0564. The van der Waals surface area contributed by atoms with Crippen LogP contribution in [0.2, 0.25) is 0 Å². The highest BCUT2D eigenvalue weighted by Gasteiger charge is 2.28.